The van der Waals surface area contributed by atoms with Gasteiger partial charge in [0.25, 0.3) is 0 Å². The van der Waals surface area contributed by atoms with Gasteiger partial charge in [0.2, 0.25) is 0 Å². The van der Waals surface area contributed by atoms with Crippen LogP contribution in [0.25, 0.3) is 0 Å². The average Bonchev–Trinajstić information content (AvgIpc) is 3.29. The number of carbonyl (C=O) groups excluding carboxylic acids is 1. The molecule has 0 amide bonds. The van der Waals surface area contributed by atoms with E-state index >= 15 is 0 Å². The SMILES string of the molecule is C=C(C)C1(Oc2cc(C(=O)Oc3ccccc3)ccc2C(F)(F)F)CC2CCC1C2. The number of esters is 1. The molecule has 0 aliphatic heterocycles. The van der Waals surface area contributed by atoms with Gasteiger partial charge in [0.1, 0.15) is 17.1 Å². The molecule has 2 aromatic carbocycles. The Bertz CT molecular complexity index is 967. The lowest BCUT2D eigenvalue weighted by atomic mass is 9.79. The summed E-state index contributed by atoms with van der Waals surface area (Å²) in [6.45, 7) is 5.84. The first-order valence-electron chi connectivity index (χ1n) is 10.0. The molecule has 0 N–H and O–H groups in total. The summed E-state index contributed by atoms with van der Waals surface area (Å²) in [5, 5.41) is 0. The van der Waals surface area contributed by atoms with Crippen molar-refractivity contribution in [2.75, 3.05) is 0 Å². The Morgan fingerprint density at radius 2 is 1.87 bits per heavy atom. The van der Waals surface area contributed by atoms with Gasteiger partial charge < -0.3 is 9.47 Å². The molecule has 30 heavy (non-hydrogen) atoms. The topological polar surface area (TPSA) is 35.5 Å². The molecule has 2 aliphatic rings. The third-order valence-corrected chi connectivity index (χ3v) is 6.28. The van der Waals surface area contributed by atoms with Crippen LogP contribution in [0.3, 0.4) is 0 Å². The molecule has 3 nitrogen and oxygen atoms in total. The minimum Gasteiger partial charge on any atom is -0.482 e. The summed E-state index contributed by atoms with van der Waals surface area (Å²) < 4.78 is 52.5. The molecule has 3 atom stereocenters. The molecule has 0 heterocycles. The second kappa shape index (κ2) is 7.49. The summed E-state index contributed by atoms with van der Waals surface area (Å²) in [5.74, 6) is -0.192. The minimum atomic E-state index is -4.61. The standard InChI is InChI=1S/C24H23F3O3/c1-15(2)23(14-16-8-10-18(23)12-16)30-21-13-17(9-11-20(21)24(25,26)27)22(28)29-19-6-4-3-5-7-19/h3-7,9,11,13,16,18H,1,8,10,12,14H2,2H3. The fraction of sp³-hybridized carbons (Fsp3) is 0.375. The van der Waals surface area contributed by atoms with E-state index in [0.29, 0.717) is 18.1 Å². The monoisotopic (exact) mass is 416 g/mol. The van der Waals surface area contributed by atoms with Crippen LogP contribution in [0.15, 0.2) is 60.7 Å². The van der Waals surface area contributed by atoms with E-state index < -0.39 is 23.3 Å². The lowest BCUT2D eigenvalue weighted by Gasteiger charge is -2.39. The maximum absolute atomic E-state index is 13.7. The Balaban J connectivity index is 1.69. The predicted octanol–water partition coefficient (Wildman–Crippen LogP) is 6.44. The van der Waals surface area contributed by atoms with Gasteiger partial charge in [-0.25, -0.2) is 4.79 Å². The minimum absolute atomic E-state index is 0.00174. The van der Waals surface area contributed by atoms with E-state index in [2.05, 4.69) is 6.58 Å². The molecular formula is C24H23F3O3. The lowest BCUT2D eigenvalue weighted by molar-refractivity contribution is -0.140. The van der Waals surface area contributed by atoms with Crippen molar-refractivity contribution in [1.82, 2.24) is 0 Å². The first-order valence-corrected chi connectivity index (χ1v) is 10.0. The molecule has 2 fully saturated rings. The van der Waals surface area contributed by atoms with Crippen LogP contribution in [-0.2, 0) is 6.18 Å². The molecular weight excluding hydrogens is 393 g/mol. The zero-order valence-electron chi connectivity index (χ0n) is 16.7. The number of benzene rings is 2. The molecule has 2 aliphatic carbocycles. The molecule has 2 bridgehead atoms. The number of fused-ring (bicyclic) bond motifs is 2. The zero-order chi connectivity index (χ0) is 21.5. The quantitative estimate of drug-likeness (QED) is 0.320. The van der Waals surface area contributed by atoms with Crippen LogP contribution in [0.2, 0.25) is 0 Å². The molecule has 158 valence electrons. The highest BCUT2D eigenvalue weighted by atomic mass is 19.4. The highest BCUT2D eigenvalue weighted by Crippen LogP contribution is 2.56. The van der Waals surface area contributed by atoms with E-state index in [1.807, 2.05) is 6.92 Å². The van der Waals surface area contributed by atoms with Crippen LogP contribution in [-0.4, -0.2) is 11.6 Å². The average molecular weight is 416 g/mol. The molecule has 0 spiro atoms. The lowest BCUT2D eigenvalue weighted by Crippen LogP contribution is -2.43. The summed E-state index contributed by atoms with van der Waals surface area (Å²) in [7, 11) is 0. The Kier molecular flexibility index (Phi) is 5.12. The van der Waals surface area contributed by atoms with Crippen molar-refractivity contribution in [3.63, 3.8) is 0 Å². The van der Waals surface area contributed by atoms with Crippen molar-refractivity contribution in [1.29, 1.82) is 0 Å². The van der Waals surface area contributed by atoms with Crippen LogP contribution >= 0.6 is 0 Å². The molecule has 4 rings (SSSR count). The normalized spacial score (nSPS) is 25.2. The van der Waals surface area contributed by atoms with Crippen molar-refractivity contribution < 1.29 is 27.4 Å². The number of ether oxygens (including phenoxy) is 2. The van der Waals surface area contributed by atoms with Crippen molar-refractivity contribution in [2.45, 2.75) is 44.4 Å². The zero-order valence-corrected chi connectivity index (χ0v) is 16.7. The first kappa shape index (κ1) is 20.5. The second-order valence-electron chi connectivity index (χ2n) is 8.26. The molecule has 0 radical (unpaired) electrons. The Hall–Kier alpha value is -2.76. The smallest absolute Gasteiger partial charge is 0.419 e. The summed E-state index contributed by atoms with van der Waals surface area (Å²) in [5.41, 5.74) is -1.01. The van der Waals surface area contributed by atoms with Gasteiger partial charge >= 0.3 is 12.1 Å². The van der Waals surface area contributed by atoms with Crippen LogP contribution < -0.4 is 9.47 Å². The third-order valence-electron chi connectivity index (χ3n) is 6.28. The summed E-state index contributed by atoms with van der Waals surface area (Å²) in [4.78, 5) is 12.5. The van der Waals surface area contributed by atoms with Gasteiger partial charge in [-0.1, -0.05) is 24.8 Å². The van der Waals surface area contributed by atoms with E-state index in [-0.39, 0.29) is 17.2 Å². The molecule has 0 saturated heterocycles. The van der Waals surface area contributed by atoms with E-state index in [0.717, 1.165) is 43.0 Å². The highest BCUT2D eigenvalue weighted by Gasteiger charge is 2.54. The van der Waals surface area contributed by atoms with E-state index in [9.17, 15) is 18.0 Å². The van der Waals surface area contributed by atoms with Crippen LogP contribution in [0.4, 0.5) is 13.2 Å². The van der Waals surface area contributed by atoms with Crippen molar-refractivity contribution >= 4 is 5.97 Å². The first-order chi connectivity index (χ1) is 14.2. The van der Waals surface area contributed by atoms with Crippen molar-refractivity contribution in [3.05, 3.63) is 71.8 Å². The number of hydrogen-bond donors (Lipinski definition) is 0. The van der Waals surface area contributed by atoms with E-state index in [1.54, 1.807) is 30.3 Å². The van der Waals surface area contributed by atoms with Gasteiger partial charge in [0.15, 0.2) is 0 Å². The van der Waals surface area contributed by atoms with Crippen LogP contribution in [0.1, 0.15) is 48.5 Å². The second-order valence-corrected chi connectivity index (χ2v) is 8.26. The number of carbonyl (C=O) groups is 1. The maximum Gasteiger partial charge on any atom is 0.419 e. The van der Waals surface area contributed by atoms with Gasteiger partial charge in [-0.15, -0.1) is 0 Å². The molecule has 6 heteroatoms. The molecule has 2 saturated carbocycles. The fourth-order valence-electron chi connectivity index (χ4n) is 4.83. The van der Waals surface area contributed by atoms with Crippen LogP contribution in [0.5, 0.6) is 11.5 Å². The van der Waals surface area contributed by atoms with E-state index in [4.69, 9.17) is 9.47 Å². The van der Waals surface area contributed by atoms with Gasteiger partial charge in [-0.05, 0) is 74.4 Å². The maximum atomic E-state index is 13.7. The van der Waals surface area contributed by atoms with Gasteiger partial charge in [0.05, 0.1) is 11.1 Å². The Morgan fingerprint density at radius 1 is 1.13 bits per heavy atom. The third kappa shape index (κ3) is 3.71. The number of halogens is 3. The highest BCUT2D eigenvalue weighted by molar-refractivity contribution is 5.91. The van der Waals surface area contributed by atoms with Crippen LogP contribution in [0, 0.1) is 11.8 Å². The summed E-state index contributed by atoms with van der Waals surface area (Å²) in [6, 6.07) is 11.5. The number of rotatable bonds is 5. The number of hydrogen-bond acceptors (Lipinski definition) is 3. The molecule has 0 aromatic heterocycles. The Morgan fingerprint density at radius 3 is 2.43 bits per heavy atom. The summed E-state index contributed by atoms with van der Waals surface area (Å²) in [6.07, 6.45) is -1.04. The Labute approximate surface area is 173 Å². The number of para-hydroxylation sites is 1. The predicted molar refractivity (Wildman–Crippen MR) is 106 cm³/mol. The molecule has 2 aromatic rings. The van der Waals surface area contributed by atoms with Crippen molar-refractivity contribution in [2.24, 2.45) is 11.8 Å². The van der Waals surface area contributed by atoms with Crippen molar-refractivity contribution in [3.8, 4) is 11.5 Å². The molecule has 3 unspecified atom stereocenters. The van der Waals surface area contributed by atoms with Gasteiger partial charge in [-0.2, -0.15) is 13.2 Å². The van der Waals surface area contributed by atoms with E-state index in [1.165, 1.54) is 0 Å². The fourth-order valence-corrected chi connectivity index (χ4v) is 4.83. The van der Waals surface area contributed by atoms with Gasteiger partial charge in [0, 0.05) is 5.92 Å². The number of alkyl halides is 3. The largest absolute Gasteiger partial charge is 0.482 e. The summed E-state index contributed by atoms with van der Waals surface area (Å²) >= 11 is 0. The van der Waals surface area contributed by atoms with Gasteiger partial charge in [-0.3, -0.25) is 0 Å².